The Kier molecular flexibility index (Phi) is 1.72. The lowest BCUT2D eigenvalue weighted by atomic mass is 9.85. The van der Waals surface area contributed by atoms with Crippen molar-refractivity contribution in [2.45, 2.75) is 33.1 Å². The Bertz CT molecular complexity index is 101. The molecule has 0 aliphatic heterocycles. The average Bonchev–Trinajstić information content (AvgIpc) is 1.64. The molecule has 0 aromatic carbocycles. The average molecular weight is 110 g/mol. The molecule has 0 spiro atoms. The van der Waals surface area contributed by atoms with Crippen LogP contribution in [0.4, 0.5) is 0 Å². The SMILES string of the molecule is CCCC1C=C(C)C1. The second-order valence-electron chi connectivity index (χ2n) is 2.77. The third-order valence-corrected chi connectivity index (χ3v) is 1.76. The van der Waals surface area contributed by atoms with Crippen LogP contribution >= 0.6 is 0 Å². The van der Waals surface area contributed by atoms with Crippen LogP contribution in [0.15, 0.2) is 11.6 Å². The van der Waals surface area contributed by atoms with E-state index in [2.05, 4.69) is 19.9 Å². The highest BCUT2D eigenvalue weighted by Crippen LogP contribution is 2.28. The van der Waals surface area contributed by atoms with Gasteiger partial charge in [-0.05, 0) is 25.7 Å². The van der Waals surface area contributed by atoms with Crippen LogP contribution in [0.3, 0.4) is 0 Å². The van der Waals surface area contributed by atoms with E-state index in [1.54, 1.807) is 5.57 Å². The molecule has 8 heavy (non-hydrogen) atoms. The first-order chi connectivity index (χ1) is 3.83. The number of rotatable bonds is 2. The molecule has 0 aromatic rings. The van der Waals surface area contributed by atoms with E-state index >= 15 is 0 Å². The maximum absolute atomic E-state index is 2.39. The molecule has 0 bridgehead atoms. The minimum Gasteiger partial charge on any atom is -0.0822 e. The fourth-order valence-corrected chi connectivity index (χ4v) is 1.34. The summed E-state index contributed by atoms with van der Waals surface area (Å²) in [5, 5.41) is 0. The van der Waals surface area contributed by atoms with Crippen LogP contribution in [0.5, 0.6) is 0 Å². The quantitative estimate of drug-likeness (QED) is 0.479. The van der Waals surface area contributed by atoms with Gasteiger partial charge in [0.1, 0.15) is 0 Å². The summed E-state index contributed by atoms with van der Waals surface area (Å²) in [7, 11) is 0. The number of allylic oxidation sites excluding steroid dienone is 2. The molecule has 46 valence electrons. The topological polar surface area (TPSA) is 0 Å². The Hall–Kier alpha value is -0.260. The van der Waals surface area contributed by atoms with Crippen LogP contribution in [0.25, 0.3) is 0 Å². The van der Waals surface area contributed by atoms with Crippen molar-refractivity contribution < 1.29 is 0 Å². The Morgan fingerprint density at radius 3 is 2.75 bits per heavy atom. The minimum atomic E-state index is 0.944. The van der Waals surface area contributed by atoms with E-state index in [9.17, 15) is 0 Å². The smallest absolute Gasteiger partial charge is 0.0194 e. The van der Waals surface area contributed by atoms with Gasteiger partial charge in [0.25, 0.3) is 0 Å². The minimum absolute atomic E-state index is 0.944. The summed E-state index contributed by atoms with van der Waals surface area (Å²) >= 11 is 0. The first-order valence-corrected chi connectivity index (χ1v) is 3.50. The zero-order valence-electron chi connectivity index (χ0n) is 5.78. The molecule has 0 fully saturated rings. The van der Waals surface area contributed by atoms with Crippen molar-refractivity contribution in [2.75, 3.05) is 0 Å². The Balaban J connectivity index is 2.16. The molecule has 0 heterocycles. The highest BCUT2D eigenvalue weighted by atomic mass is 14.2. The van der Waals surface area contributed by atoms with Crippen molar-refractivity contribution >= 4 is 0 Å². The van der Waals surface area contributed by atoms with E-state index in [-0.39, 0.29) is 0 Å². The highest BCUT2D eigenvalue weighted by molar-refractivity contribution is 5.13. The molecule has 0 saturated carbocycles. The van der Waals surface area contributed by atoms with E-state index in [1.165, 1.54) is 19.3 Å². The van der Waals surface area contributed by atoms with Gasteiger partial charge in [-0.3, -0.25) is 0 Å². The molecule has 0 N–H and O–H groups in total. The highest BCUT2D eigenvalue weighted by Gasteiger charge is 2.13. The zero-order valence-corrected chi connectivity index (χ0v) is 5.78. The maximum atomic E-state index is 2.39. The predicted octanol–water partition coefficient (Wildman–Crippen LogP) is 2.75. The molecule has 1 aliphatic rings. The van der Waals surface area contributed by atoms with E-state index in [1.807, 2.05) is 0 Å². The van der Waals surface area contributed by atoms with Crippen LogP contribution in [-0.2, 0) is 0 Å². The molecular weight excluding hydrogens is 96.1 g/mol. The van der Waals surface area contributed by atoms with Gasteiger partial charge in [-0.1, -0.05) is 25.0 Å². The van der Waals surface area contributed by atoms with Gasteiger partial charge in [0, 0.05) is 0 Å². The number of hydrogen-bond acceptors (Lipinski definition) is 0. The summed E-state index contributed by atoms with van der Waals surface area (Å²) in [6, 6.07) is 0. The van der Waals surface area contributed by atoms with Crippen molar-refractivity contribution in [3.05, 3.63) is 11.6 Å². The van der Waals surface area contributed by atoms with Crippen LogP contribution in [0.2, 0.25) is 0 Å². The molecule has 1 unspecified atom stereocenters. The van der Waals surface area contributed by atoms with E-state index in [0.29, 0.717) is 0 Å². The molecule has 1 aliphatic carbocycles. The third-order valence-electron chi connectivity index (χ3n) is 1.76. The lowest BCUT2D eigenvalue weighted by Gasteiger charge is -2.21. The van der Waals surface area contributed by atoms with Gasteiger partial charge in [-0.2, -0.15) is 0 Å². The van der Waals surface area contributed by atoms with Crippen molar-refractivity contribution in [1.29, 1.82) is 0 Å². The van der Waals surface area contributed by atoms with Crippen LogP contribution in [-0.4, -0.2) is 0 Å². The zero-order chi connectivity index (χ0) is 5.98. The fraction of sp³-hybridized carbons (Fsp3) is 0.750. The van der Waals surface area contributed by atoms with Gasteiger partial charge < -0.3 is 0 Å². The molecule has 0 aromatic heterocycles. The van der Waals surface area contributed by atoms with Gasteiger partial charge in [0.05, 0.1) is 0 Å². The summed E-state index contributed by atoms with van der Waals surface area (Å²) < 4.78 is 0. The van der Waals surface area contributed by atoms with Gasteiger partial charge in [-0.25, -0.2) is 0 Å². The van der Waals surface area contributed by atoms with E-state index in [0.717, 1.165) is 5.92 Å². The molecule has 0 saturated heterocycles. The van der Waals surface area contributed by atoms with E-state index in [4.69, 9.17) is 0 Å². The molecule has 0 heteroatoms. The molecule has 0 radical (unpaired) electrons. The largest absolute Gasteiger partial charge is 0.0822 e. The lowest BCUT2D eigenvalue weighted by Crippen LogP contribution is -2.06. The second kappa shape index (κ2) is 2.34. The van der Waals surface area contributed by atoms with Crippen molar-refractivity contribution in [2.24, 2.45) is 5.92 Å². The summed E-state index contributed by atoms with van der Waals surface area (Å²) in [6.07, 6.45) is 6.50. The van der Waals surface area contributed by atoms with Gasteiger partial charge >= 0.3 is 0 Å². The van der Waals surface area contributed by atoms with Crippen molar-refractivity contribution in [1.82, 2.24) is 0 Å². The lowest BCUT2D eigenvalue weighted by molar-refractivity contribution is 0.524. The summed E-state index contributed by atoms with van der Waals surface area (Å²) in [4.78, 5) is 0. The van der Waals surface area contributed by atoms with Gasteiger partial charge in [-0.15, -0.1) is 0 Å². The maximum Gasteiger partial charge on any atom is -0.0194 e. The van der Waals surface area contributed by atoms with Gasteiger partial charge in [0.15, 0.2) is 0 Å². The molecule has 1 rings (SSSR count). The van der Waals surface area contributed by atoms with E-state index < -0.39 is 0 Å². The molecule has 0 nitrogen and oxygen atoms in total. The van der Waals surface area contributed by atoms with Crippen molar-refractivity contribution in [3.8, 4) is 0 Å². The first kappa shape index (κ1) is 5.87. The van der Waals surface area contributed by atoms with Crippen molar-refractivity contribution in [3.63, 3.8) is 0 Å². The first-order valence-electron chi connectivity index (χ1n) is 3.50. The predicted molar refractivity (Wildman–Crippen MR) is 36.8 cm³/mol. The normalized spacial score (nSPS) is 26.8. The van der Waals surface area contributed by atoms with Gasteiger partial charge in [0.2, 0.25) is 0 Å². The van der Waals surface area contributed by atoms with Crippen LogP contribution < -0.4 is 0 Å². The molecular formula is C8H14. The Labute approximate surface area is 51.6 Å². The fourth-order valence-electron chi connectivity index (χ4n) is 1.34. The Morgan fingerprint density at radius 1 is 1.75 bits per heavy atom. The van der Waals surface area contributed by atoms with Crippen LogP contribution in [0.1, 0.15) is 33.1 Å². The second-order valence-corrected chi connectivity index (χ2v) is 2.77. The molecule has 1 atom stereocenters. The summed E-state index contributed by atoms with van der Waals surface area (Å²) in [6.45, 7) is 4.47. The third kappa shape index (κ3) is 1.12. The standard InChI is InChI=1S/C8H14/c1-3-4-8-5-7(2)6-8/h5,8H,3-4,6H2,1-2H3. The Morgan fingerprint density at radius 2 is 2.38 bits per heavy atom. The van der Waals surface area contributed by atoms with Crippen LogP contribution in [0, 0.1) is 5.92 Å². The molecule has 0 amide bonds. The summed E-state index contributed by atoms with van der Waals surface area (Å²) in [5.74, 6) is 0.944. The number of hydrogen-bond donors (Lipinski definition) is 0. The summed E-state index contributed by atoms with van der Waals surface area (Å²) in [5.41, 5.74) is 1.59. The monoisotopic (exact) mass is 110 g/mol.